The van der Waals surface area contributed by atoms with Crippen molar-refractivity contribution in [3.8, 4) is 5.75 Å². The molecule has 0 amide bonds. The number of aldehydes is 1. The number of benzene rings is 1. The molecule has 0 aliphatic rings. The predicted octanol–water partition coefficient (Wildman–Crippen LogP) is 2.21. The van der Waals surface area contributed by atoms with Crippen LogP contribution in [0.15, 0.2) is 24.3 Å². The molecule has 0 heterocycles. The van der Waals surface area contributed by atoms with Crippen molar-refractivity contribution in [2.24, 2.45) is 0 Å². The quantitative estimate of drug-likeness (QED) is 0.434. The Balaban J connectivity index is 3.01. The van der Waals surface area contributed by atoms with Crippen molar-refractivity contribution in [1.82, 2.24) is 0 Å². The molecule has 16 heavy (non-hydrogen) atoms. The Morgan fingerprint density at radius 2 is 2.25 bits per heavy atom. The van der Waals surface area contributed by atoms with Crippen LogP contribution in [0, 0.1) is 10.1 Å². The number of methoxy groups -OCH3 is 1. The third kappa shape index (κ3) is 2.91. The van der Waals surface area contributed by atoms with Crippen LogP contribution in [0.5, 0.6) is 5.75 Å². The zero-order chi connectivity index (χ0) is 12.0. The Bertz CT molecular complexity index is 426. The minimum absolute atomic E-state index is 0.0237. The van der Waals surface area contributed by atoms with E-state index in [4.69, 9.17) is 4.74 Å². The Morgan fingerprint density at radius 3 is 2.81 bits per heavy atom. The first-order chi connectivity index (χ1) is 7.69. The fourth-order valence-corrected chi connectivity index (χ4v) is 1.20. The van der Waals surface area contributed by atoms with Crippen LogP contribution in [0.25, 0.3) is 6.08 Å². The summed E-state index contributed by atoms with van der Waals surface area (Å²) in [5.74, 6) is 0.413. The van der Waals surface area contributed by atoms with Gasteiger partial charge in [-0.1, -0.05) is 12.2 Å². The number of ether oxygens (including phenoxy) is 1. The number of nitrogens with zero attached hydrogens (tertiary/aromatic N) is 1. The molecule has 0 N–H and O–H groups in total. The predicted molar refractivity (Wildman–Crippen MR) is 59.4 cm³/mol. The maximum atomic E-state index is 10.5. The van der Waals surface area contributed by atoms with Crippen LogP contribution in [-0.4, -0.2) is 18.3 Å². The second-order valence-corrected chi connectivity index (χ2v) is 2.99. The van der Waals surface area contributed by atoms with E-state index in [1.54, 1.807) is 18.2 Å². The molecule has 0 bridgehead atoms. The number of allylic oxidation sites excluding steroid dienone is 1. The standard InChI is InChI=1S/C11H11NO4/c1-16-11-8-10(12(14)15)6-5-9(11)4-2-3-7-13/h2,4-8H,3H2,1H3. The summed E-state index contributed by atoms with van der Waals surface area (Å²) >= 11 is 0. The molecule has 0 saturated carbocycles. The van der Waals surface area contributed by atoms with Gasteiger partial charge in [0.1, 0.15) is 12.0 Å². The van der Waals surface area contributed by atoms with Crippen molar-refractivity contribution in [2.45, 2.75) is 6.42 Å². The van der Waals surface area contributed by atoms with Crippen LogP contribution < -0.4 is 4.74 Å². The summed E-state index contributed by atoms with van der Waals surface area (Å²) in [5, 5.41) is 10.5. The van der Waals surface area contributed by atoms with Gasteiger partial charge >= 0.3 is 0 Å². The van der Waals surface area contributed by atoms with Crippen molar-refractivity contribution in [1.29, 1.82) is 0 Å². The van der Waals surface area contributed by atoms with Crippen LogP contribution >= 0.6 is 0 Å². The molecule has 0 aliphatic carbocycles. The summed E-state index contributed by atoms with van der Waals surface area (Å²) in [5.41, 5.74) is 0.680. The number of carbonyl (C=O) groups excluding carboxylic acids is 1. The van der Waals surface area contributed by atoms with Gasteiger partial charge in [0.15, 0.2) is 0 Å². The molecule has 84 valence electrons. The van der Waals surface area contributed by atoms with Gasteiger partial charge in [-0.25, -0.2) is 0 Å². The number of rotatable bonds is 5. The van der Waals surface area contributed by atoms with E-state index in [1.165, 1.54) is 19.2 Å². The van der Waals surface area contributed by atoms with Crippen LogP contribution in [-0.2, 0) is 4.79 Å². The highest BCUT2D eigenvalue weighted by Gasteiger charge is 2.09. The first kappa shape index (κ1) is 11.9. The van der Waals surface area contributed by atoms with E-state index in [0.29, 0.717) is 17.7 Å². The van der Waals surface area contributed by atoms with Gasteiger partial charge in [0.2, 0.25) is 0 Å². The smallest absolute Gasteiger partial charge is 0.273 e. The lowest BCUT2D eigenvalue weighted by Gasteiger charge is -2.03. The zero-order valence-electron chi connectivity index (χ0n) is 8.75. The van der Waals surface area contributed by atoms with Gasteiger partial charge in [0, 0.05) is 18.1 Å². The normalized spacial score (nSPS) is 10.3. The van der Waals surface area contributed by atoms with E-state index >= 15 is 0 Å². The van der Waals surface area contributed by atoms with E-state index < -0.39 is 4.92 Å². The summed E-state index contributed by atoms with van der Waals surface area (Å²) in [6.07, 6.45) is 4.43. The largest absolute Gasteiger partial charge is 0.496 e. The fraction of sp³-hybridized carbons (Fsp3) is 0.182. The van der Waals surface area contributed by atoms with Crippen LogP contribution in [0.3, 0.4) is 0 Å². The fourth-order valence-electron chi connectivity index (χ4n) is 1.20. The van der Waals surface area contributed by atoms with Crippen LogP contribution in [0.2, 0.25) is 0 Å². The lowest BCUT2D eigenvalue weighted by molar-refractivity contribution is -0.384. The van der Waals surface area contributed by atoms with Crippen molar-refractivity contribution in [3.05, 3.63) is 40.0 Å². The molecule has 5 heteroatoms. The molecule has 0 fully saturated rings. The Hall–Kier alpha value is -2.17. The highest BCUT2D eigenvalue weighted by Crippen LogP contribution is 2.25. The van der Waals surface area contributed by atoms with E-state index in [0.717, 1.165) is 6.29 Å². The number of carbonyl (C=O) groups is 1. The molecule has 0 radical (unpaired) electrons. The minimum atomic E-state index is -0.485. The van der Waals surface area contributed by atoms with Gasteiger partial charge in [0.05, 0.1) is 18.1 Å². The molecule has 1 aromatic carbocycles. The summed E-state index contributed by atoms with van der Waals surface area (Å²) < 4.78 is 5.02. The third-order valence-corrected chi connectivity index (χ3v) is 1.96. The van der Waals surface area contributed by atoms with Gasteiger partial charge in [-0.15, -0.1) is 0 Å². The van der Waals surface area contributed by atoms with E-state index in [2.05, 4.69) is 0 Å². The maximum Gasteiger partial charge on any atom is 0.273 e. The molecule has 0 aliphatic heterocycles. The average molecular weight is 221 g/mol. The van der Waals surface area contributed by atoms with Crippen molar-refractivity contribution < 1.29 is 14.5 Å². The molecule has 0 unspecified atom stereocenters. The number of nitro benzene ring substituents is 1. The number of hydrogen-bond donors (Lipinski definition) is 0. The highest BCUT2D eigenvalue weighted by atomic mass is 16.6. The Morgan fingerprint density at radius 1 is 1.50 bits per heavy atom. The maximum absolute atomic E-state index is 10.5. The lowest BCUT2D eigenvalue weighted by atomic mass is 10.1. The molecule has 0 aromatic heterocycles. The van der Waals surface area contributed by atoms with Gasteiger partial charge in [0.25, 0.3) is 5.69 Å². The molecule has 0 atom stereocenters. The summed E-state index contributed by atoms with van der Waals surface area (Å²) in [7, 11) is 1.44. The Kier molecular flexibility index (Phi) is 4.20. The molecular formula is C11H11NO4. The average Bonchev–Trinajstić information content (AvgIpc) is 2.29. The molecule has 1 rings (SSSR count). The highest BCUT2D eigenvalue weighted by molar-refractivity contribution is 5.63. The number of hydrogen-bond acceptors (Lipinski definition) is 4. The van der Waals surface area contributed by atoms with E-state index in [9.17, 15) is 14.9 Å². The second-order valence-electron chi connectivity index (χ2n) is 2.99. The number of non-ortho nitro benzene ring substituents is 1. The lowest BCUT2D eigenvalue weighted by Crippen LogP contribution is -1.91. The molecule has 0 spiro atoms. The summed E-state index contributed by atoms with van der Waals surface area (Å²) in [6, 6.07) is 4.32. The van der Waals surface area contributed by atoms with E-state index in [1.807, 2.05) is 0 Å². The second kappa shape index (κ2) is 5.65. The van der Waals surface area contributed by atoms with Gasteiger partial charge in [-0.2, -0.15) is 0 Å². The monoisotopic (exact) mass is 221 g/mol. The van der Waals surface area contributed by atoms with Gasteiger partial charge < -0.3 is 9.53 Å². The topological polar surface area (TPSA) is 69.4 Å². The first-order valence-corrected chi connectivity index (χ1v) is 4.61. The zero-order valence-corrected chi connectivity index (χ0v) is 8.75. The van der Waals surface area contributed by atoms with Crippen LogP contribution in [0.4, 0.5) is 5.69 Å². The van der Waals surface area contributed by atoms with Crippen molar-refractivity contribution in [3.63, 3.8) is 0 Å². The van der Waals surface area contributed by atoms with Crippen molar-refractivity contribution in [2.75, 3.05) is 7.11 Å². The first-order valence-electron chi connectivity index (χ1n) is 4.61. The Labute approximate surface area is 92.5 Å². The molecular weight excluding hydrogens is 210 g/mol. The van der Waals surface area contributed by atoms with E-state index in [-0.39, 0.29) is 5.69 Å². The number of nitro groups is 1. The third-order valence-electron chi connectivity index (χ3n) is 1.96. The molecule has 1 aromatic rings. The molecule has 5 nitrogen and oxygen atoms in total. The summed E-state index contributed by atoms with van der Waals surface area (Å²) in [4.78, 5) is 20.2. The van der Waals surface area contributed by atoms with Gasteiger partial charge in [-0.3, -0.25) is 10.1 Å². The SMILES string of the molecule is COc1cc([N+](=O)[O-])ccc1C=CCC=O. The summed E-state index contributed by atoms with van der Waals surface area (Å²) in [6.45, 7) is 0. The molecule has 0 saturated heterocycles. The van der Waals surface area contributed by atoms with Gasteiger partial charge in [-0.05, 0) is 6.07 Å². The van der Waals surface area contributed by atoms with Crippen molar-refractivity contribution >= 4 is 18.0 Å². The minimum Gasteiger partial charge on any atom is -0.496 e. The van der Waals surface area contributed by atoms with Crippen LogP contribution in [0.1, 0.15) is 12.0 Å².